The number of nitrogens with two attached hydrogens (primary N) is 6. The molecule has 2 saturated heterocycles. The number of ether oxygens (including phenoxy) is 1. The SMILES string of the molecule is CC1=C2N=C(C=C3NC(=C(C)C4=N[C@@](C)(C5N=C1[C@](C)(CCC(=O)NC[C@@H](C)OP(=O)(O)O[C@H]1[C@@H](O)[C@@H]([n+]6c[nH]c7cc(C)c(C)cc76)O[C@@H]1CO)[C@H]5CC(N)=O)[C@@](C)(CC(N)=O)[C@@H]4CCC(N)=O)[C@@](C)(CC(N)=O)[C@H]3CCC(N)=O)C(C)(C)[C@@H]2CCC(N)=O. The Kier molecular flexibility index (Phi) is 19.6. The number of H-pyrrole nitrogens is 1. The van der Waals surface area contributed by atoms with Gasteiger partial charge in [-0.05, 0) is 108 Å². The third kappa shape index (κ3) is 13.0. The zero-order valence-electron chi connectivity index (χ0n) is 53.3. The Labute approximate surface area is 523 Å². The van der Waals surface area contributed by atoms with Gasteiger partial charge in [0, 0.05) is 131 Å². The van der Waals surface area contributed by atoms with Crippen LogP contribution < -0.4 is 49.6 Å². The standard InChI is InChI=1S/C62H90N13O14P/c1-29-20-39-40(21-30(29)2)75(28-70-39)57-52(84)53(41(27-76)87-57)89-90(85,86)88-31(3)26-69-49(83)18-19-59(8)37(22-46(66)80)56-62(11)61(10,25-48(68)82)36(14-17-45(65)79)51(74-62)33(5)55-60(9,24-47(67)81)34(12-15-43(63)77)38(71-55)23-42-58(6,7)35(13-16-44(64)78)50(72-42)32(4)54(59)73-56/h20-21,23,28,31,34-37,41,52-53,56-57,76,84H,12-19,22,24-27H2,1-11H3,(H15,63,64,65,66,67,68,69,71,72,73,74,77,78,79,80,81,82,83,85,86)/p+1/t31-,34+,35-,36-,37+,41-,52-,53-,56?,57+,59-,60+,61+,62+/m1/s1. The number of carbonyl (C=O) groups is 7. The lowest BCUT2D eigenvalue weighted by molar-refractivity contribution is -0.743. The number of nitrogens with one attached hydrogen (secondary N) is 3. The van der Waals surface area contributed by atoms with Gasteiger partial charge in [-0.1, -0.05) is 34.6 Å². The number of fused-ring (bicyclic) bond motifs is 7. The van der Waals surface area contributed by atoms with Gasteiger partial charge in [0.05, 0.1) is 24.3 Å². The first-order valence-corrected chi connectivity index (χ1v) is 32.1. The minimum Gasteiger partial charge on any atom is -0.394 e. The Morgan fingerprint density at radius 1 is 0.800 bits per heavy atom. The molecule has 2 unspecified atom stereocenters. The molecule has 8 rings (SSSR count). The summed E-state index contributed by atoms with van der Waals surface area (Å²) in [5, 5.41) is 28.2. The molecule has 1 aromatic carbocycles. The molecular weight excluding hydrogens is 1180 g/mol. The number of hydrogen-bond acceptors (Lipinski definition) is 17. The third-order valence-electron chi connectivity index (χ3n) is 20.7. The van der Waals surface area contributed by atoms with Gasteiger partial charge in [0.25, 0.3) is 0 Å². The molecule has 492 valence electrons. The van der Waals surface area contributed by atoms with Crippen LogP contribution in [0.15, 0.2) is 67.8 Å². The van der Waals surface area contributed by atoms with Crippen molar-refractivity contribution in [2.24, 2.45) is 94.7 Å². The van der Waals surface area contributed by atoms with Gasteiger partial charge in [-0.25, -0.2) is 9.55 Å². The first-order valence-electron chi connectivity index (χ1n) is 30.6. The summed E-state index contributed by atoms with van der Waals surface area (Å²) in [6.07, 6.45) is -4.04. The predicted octanol–water partition coefficient (Wildman–Crippen LogP) is 2.58. The molecule has 2 aromatic rings. The summed E-state index contributed by atoms with van der Waals surface area (Å²) in [5.74, 6) is -7.17. The fourth-order valence-corrected chi connectivity index (χ4v) is 16.7. The van der Waals surface area contributed by atoms with Crippen molar-refractivity contribution in [1.82, 2.24) is 15.6 Å². The highest BCUT2D eigenvalue weighted by molar-refractivity contribution is 7.47. The quantitative estimate of drug-likeness (QED) is 0.0476. The van der Waals surface area contributed by atoms with E-state index in [1.807, 2.05) is 87.4 Å². The molecule has 0 spiro atoms. The number of aliphatic hydroxyl groups is 2. The molecule has 1 aromatic heterocycles. The maximum absolute atomic E-state index is 14.4. The van der Waals surface area contributed by atoms with Gasteiger partial charge in [0.15, 0.2) is 11.0 Å². The van der Waals surface area contributed by atoms with E-state index in [2.05, 4.69) is 15.6 Å². The van der Waals surface area contributed by atoms with Crippen molar-refractivity contribution >= 4 is 77.3 Å². The Morgan fingerprint density at radius 2 is 1.40 bits per heavy atom. The number of aromatic nitrogens is 2. The van der Waals surface area contributed by atoms with E-state index in [9.17, 15) is 53.2 Å². The smallest absolute Gasteiger partial charge is 0.394 e. The van der Waals surface area contributed by atoms with Crippen molar-refractivity contribution in [1.29, 1.82) is 0 Å². The second-order valence-corrected chi connectivity index (χ2v) is 28.5. The number of aliphatic imine (C=N–C) groups is 3. The summed E-state index contributed by atoms with van der Waals surface area (Å²) in [7, 11) is -5.06. The topological polar surface area (TPSA) is 462 Å². The highest BCUT2D eigenvalue weighted by Crippen LogP contribution is 2.62. The molecule has 18 N–H and O–H groups in total. The van der Waals surface area contributed by atoms with E-state index in [4.69, 9.17) is 63.2 Å². The zero-order valence-corrected chi connectivity index (χ0v) is 54.2. The number of aryl methyl sites for hydroxylation is 2. The van der Waals surface area contributed by atoms with Crippen molar-refractivity contribution in [3.05, 3.63) is 63.9 Å². The van der Waals surface area contributed by atoms with Gasteiger partial charge < -0.3 is 64.9 Å². The van der Waals surface area contributed by atoms with E-state index in [0.717, 1.165) is 16.6 Å². The van der Waals surface area contributed by atoms with Crippen molar-refractivity contribution < 1.29 is 71.6 Å². The maximum atomic E-state index is 14.4. The average molecular weight is 1270 g/mol. The Morgan fingerprint density at radius 3 is 1.99 bits per heavy atom. The number of aliphatic hydroxyl groups excluding tert-OH is 2. The van der Waals surface area contributed by atoms with Crippen LogP contribution in [-0.2, 0) is 51.9 Å². The van der Waals surface area contributed by atoms with Crippen LogP contribution in [0.3, 0.4) is 0 Å². The van der Waals surface area contributed by atoms with E-state index < -0.39 is 143 Å². The fraction of sp³-hybridized carbons (Fsp3) is 0.629. The number of benzene rings is 1. The minimum absolute atomic E-state index is 0.00918. The molecule has 6 aliphatic rings. The number of allylic oxidation sites excluding steroid dienone is 6. The van der Waals surface area contributed by atoms with Crippen molar-refractivity contribution in [2.75, 3.05) is 13.2 Å². The maximum Gasteiger partial charge on any atom is 0.472 e. The number of primary amides is 6. The van der Waals surface area contributed by atoms with Crippen LogP contribution in [-0.4, -0.2) is 128 Å². The minimum atomic E-state index is -5.06. The molecule has 27 nitrogen and oxygen atoms in total. The molecule has 7 heterocycles. The van der Waals surface area contributed by atoms with Crippen molar-refractivity contribution in [2.45, 2.75) is 189 Å². The number of amides is 7. The molecule has 0 aliphatic carbocycles. The Bertz CT molecular complexity index is 3540. The van der Waals surface area contributed by atoms with E-state index in [-0.39, 0.29) is 77.2 Å². The normalized spacial score (nSPS) is 32.0. The lowest BCUT2D eigenvalue weighted by Crippen LogP contribution is -2.56. The first kappa shape index (κ1) is 68.9. The molecule has 2 fully saturated rings. The second kappa shape index (κ2) is 25.6. The lowest BCUT2D eigenvalue weighted by Gasteiger charge is -2.48. The van der Waals surface area contributed by atoms with Gasteiger partial charge in [-0.2, -0.15) is 4.57 Å². The molecule has 8 bridgehead atoms. The summed E-state index contributed by atoms with van der Waals surface area (Å²) in [6.45, 7) is 19.3. The molecule has 7 amide bonds. The summed E-state index contributed by atoms with van der Waals surface area (Å²) in [4.78, 5) is 124. The van der Waals surface area contributed by atoms with Crippen LogP contribution in [0.25, 0.3) is 11.0 Å². The number of aromatic amines is 1. The van der Waals surface area contributed by atoms with Gasteiger partial charge in [-0.3, -0.25) is 57.6 Å². The first-order chi connectivity index (χ1) is 41.8. The van der Waals surface area contributed by atoms with E-state index in [0.29, 0.717) is 50.9 Å². The van der Waals surface area contributed by atoms with Crippen LogP contribution in [0.5, 0.6) is 0 Å². The number of carbonyl (C=O) groups excluding carboxylic acids is 7. The summed E-state index contributed by atoms with van der Waals surface area (Å²) >= 11 is 0. The van der Waals surface area contributed by atoms with Crippen molar-refractivity contribution in [3.8, 4) is 0 Å². The zero-order chi connectivity index (χ0) is 66.7. The number of nitrogens with zero attached hydrogens (tertiary/aromatic N) is 4. The highest BCUT2D eigenvalue weighted by Gasteiger charge is 2.66. The molecule has 0 saturated carbocycles. The largest absolute Gasteiger partial charge is 0.472 e. The van der Waals surface area contributed by atoms with Crippen LogP contribution in [0, 0.1) is 59.2 Å². The van der Waals surface area contributed by atoms with Gasteiger partial charge >= 0.3 is 7.82 Å². The number of imidazole rings is 1. The number of phosphoric ester groups is 1. The van der Waals surface area contributed by atoms with Crippen LogP contribution in [0.4, 0.5) is 0 Å². The predicted molar refractivity (Wildman–Crippen MR) is 332 cm³/mol. The molecule has 6 aliphatic heterocycles. The Balaban J connectivity index is 1.19. The number of rotatable bonds is 26. The van der Waals surface area contributed by atoms with Gasteiger partial charge in [-0.15, -0.1) is 0 Å². The molecular formula is C62H91N13O14P+. The number of hydrogen-bond donors (Lipinski definition) is 12. The van der Waals surface area contributed by atoms with E-state index in [1.54, 1.807) is 10.9 Å². The van der Waals surface area contributed by atoms with E-state index >= 15 is 0 Å². The molecule has 90 heavy (non-hydrogen) atoms. The highest BCUT2D eigenvalue weighted by atomic mass is 31.2. The summed E-state index contributed by atoms with van der Waals surface area (Å²) in [6, 6.07) is 2.78. The monoisotopic (exact) mass is 1270 g/mol. The molecule has 28 heteroatoms. The number of phosphoric acid groups is 1. The fourth-order valence-electron chi connectivity index (χ4n) is 15.5. The second-order valence-electron chi connectivity index (χ2n) is 27.1. The van der Waals surface area contributed by atoms with Crippen LogP contribution >= 0.6 is 7.82 Å². The Hall–Kier alpha value is -7.00. The van der Waals surface area contributed by atoms with Gasteiger partial charge in [0.2, 0.25) is 53.9 Å². The summed E-state index contributed by atoms with van der Waals surface area (Å²) < 4.78 is 32.4. The molecule has 15 atom stereocenters. The summed E-state index contributed by atoms with van der Waals surface area (Å²) in [5.41, 5.74) is 37.6. The van der Waals surface area contributed by atoms with Crippen LogP contribution in [0.1, 0.15) is 150 Å². The third-order valence-corrected chi connectivity index (χ3v) is 21.8. The van der Waals surface area contributed by atoms with Crippen LogP contribution in [0.2, 0.25) is 0 Å². The molecule has 0 radical (unpaired) electrons. The van der Waals surface area contributed by atoms with E-state index in [1.165, 1.54) is 6.92 Å². The lowest BCUT2D eigenvalue weighted by atomic mass is 9.55. The van der Waals surface area contributed by atoms with Gasteiger partial charge in [0.1, 0.15) is 18.3 Å². The van der Waals surface area contributed by atoms with Crippen molar-refractivity contribution in [3.63, 3.8) is 0 Å². The average Bonchev–Trinajstić information content (AvgIpc) is 1.53.